The second-order valence-electron chi connectivity index (χ2n) is 7.43. The summed E-state index contributed by atoms with van der Waals surface area (Å²) in [6, 6.07) is 3.86. The highest BCUT2D eigenvalue weighted by Crippen LogP contribution is 2.35. The number of ether oxygens (including phenoxy) is 1. The molecular formula is C22H30N6O2. The number of anilines is 1. The Morgan fingerprint density at radius 2 is 2.27 bits per heavy atom. The number of benzene rings is 1. The van der Waals surface area contributed by atoms with Gasteiger partial charge in [-0.1, -0.05) is 12.2 Å². The maximum atomic E-state index is 12.0. The molecule has 1 aromatic carbocycles. The van der Waals surface area contributed by atoms with E-state index in [1.165, 1.54) is 5.57 Å². The number of amidine groups is 1. The average Bonchev–Trinajstić information content (AvgIpc) is 3.21. The van der Waals surface area contributed by atoms with Gasteiger partial charge in [0.05, 0.1) is 17.4 Å². The monoisotopic (exact) mass is 410 g/mol. The van der Waals surface area contributed by atoms with Crippen LogP contribution >= 0.6 is 0 Å². The molecule has 8 heteroatoms. The molecular weight excluding hydrogens is 380 g/mol. The summed E-state index contributed by atoms with van der Waals surface area (Å²) in [6.07, 6.45) is 4.09. The van der Waals surface area contributed by atoms with E-state index in [9.17, 15) is 4.79 Å². The summed E-state index contributed by atoms with van der Waals surface area (Å²) >= 11 is 0. The molecule has 8 nitrogen and oxygen atoms in total. The smallest absolute Gasteiger partial charge is 0.223 e. The van der Waals surface area contributed by atoms with Crippen molar-refractivity contribution in [1.29, 1.82) is 0 Å². The van der Waals surface area contributed by atoms with E-state index < -0.39 is 0 Å². The van der Waals surface area contributed by atoms with Crippen LogP contribution in [0.1, 0.15) is 26.2 Å². The van der Waals surface area contributed by atoms with Crippen molar-refractivity contribution in [1.82, 2.24) is 15.5 Å². The summed E-state index contributed by atoms with van der Waals surface area (Å²) < 4.78 is 5.83. The maximum Gasteiger partial charge on any atom is 0.223 e. The summed E-state index contributed by atoms with van der Waals surface area (Å²) in [5.74, 6) is 1.45. The van der Waals surface area contributed by atoms with Crippen LogP contribution < -0.4 is 21.1 Å². The first-order chi connectivity index (χ1) is 14.5. The molecule has 0 fully saturated rings. The molecule has 1 aromatic heterocycles. The van der Waals surface area contributed by atoms with E-state index in [2.05, 4.69) is 39.3 Å². The number of hydrogen-bond acceptors (Lipinski definition) is 5. The van der Waals surface area contributed by atoms with Gasteiger partial charge < -0.3 is 21.1 Å². The minimum absolute atomic E-state index is 0.0151. The van der Waals surface area contributed by atoms with Crippen LogP contribution in [0.2, 0.25) is 0 Å². The third kappa shape index (κ3) is 4.54. The number of fused-ring (bicyclic) bond motifs is 1. The average molecular weight is 411 g/mol. The lowest BCUT2D eigenvalue weighted by atomic mass is 9.81. The van der Waals surface area contributed by atoms with E-state index in [1.807, 2.05) is 12.1 Å². The van der Waals surface area contributed by atoms with Crippen LogP contribution in [0.5, 0.6) is 5.75 Å². The maximum absolute atomic E-state index is 12.0. The third-order valence-electron chi connectivity index (χ3n) is 5.47. The molecule has 1 aliphatic carbocycles. The fourth-order valence-corrected chi connectivity index (χ4v) is 3.86. The second kappa shape index (κ2) is 9.58. The van der Waals surface area contributed by atoms with Crippen LogP contribution in [0, 0.1) is 5.92 Å². The number of allylic oxidation sites excluding steroid dienone is 1. The summed E-state index contributed by atoms with van der Waals surface area (Å²) in [6.45, 7) is 7.18. The number of hydrogen-bond donors (Lipinski definition) is 4. The van der Waals surface area contributed by atoms with Gasteiger partial charge in [-0.15, -0.1) is 0 Å². The first-order valence-electron chi connectivity index (χ1n) is 10.1. The van der Waals surface area contributed by atoms with Crippen molar-refractivity contribution < 1.29 is 9.53 Å². The first-order valence-corrected chi connectivity index (χ1v) is 10.1. The Morgan fingerprint density at radius 3 is 2.93 bits per heavy atom. The van der Waals surface area contributed by atoms with Crippen LogP contribution in [0.3, 0.4) is 0 Å². The SMILES string of the molecule is C=C(C(=NC)Nc1cc2cn[nH]c2cc1OCCN)C1=C(C)C[C@@H](C(=O)NC)CC1. The molecule has 1 amide bonds. The number of nitrogens with zero attached hydrogens (tertiary/aromatic N) is 2. The fourth-order valence-electron chi connectivity index (χ4n) is 3.86. The molecule has 0 radical (unpaired) electrons. The van der Waals surface area contributed by atoms with Gasteiger partial charge in [0, 0.05) is 43.6 Å². The lowest BCUT2D eigenvalue weighted by Crippen LogP contribution is -2.30. The molecule has 3 rings (SSSR count). The zero-order chi connectivity index (χ0) is 21.7. The molecule has 0 bridgehead atoms. The van der Waals surface area contributed by atoms with Gasteiger partial charge in [0.15, 0.2) is 0 Å². The van der Waals surface area contributed by atoms with Gasteiger partial charge >= 0.3 is 0 Å². The van der Waals surface area contributed by atoms with Crippen LogP contribution in [0.25, 0.3) is 10.9 Å². The second-order valence-corrected chi connectivity index (χ2v) is 7.43. The van der Waals surface area contributed by atoms with Crippen molar-refractivity contribution in [2.45, 2.75) is 26.2 Å². The number of nitrogens with one attached hydrogen (secondary N) is 3. The van der Waals surface area contributed by atoms with E-state index in [0.717, 1.165) is 47.0 Å². The Morgan fingerprint density at radius 1 is 1.47 bits per heavy atom. The Balaban J connectivity index is 1.85. The topological polar surface area (TPSA) is 117 Å². The molecule has 2 aromatic rings. The van der Waals surface area contributed by atoms with Gasteiger partial charge in [-0.25, -0.2) is 0 Å². The number of nitrogens with two attached hydrogens (primary N) is 1. The van der Waals surface area contributed by atoms with Crippen LogP contribution in [0.4, 0.5) is 5.69 Å². The van der Waals surface area contributed by atoms with Crippen LogP contribution in [-0.4, -0.2) is 49.2 Å². The molecule has 0 saturated carbocycles. The molecule has 160 valence electrons. The number of aromatic amines is 1. The molecule has 1 heterocycles. The van der Waals surface area contributed by atoms with Crippen LogP contribution in [-0.2, 0) is 4.79 Å². The number of H-pyrrole nitrogens is 1. The molecule has 30 heavy (non-hydrogen) atoms. The quantitative estimate of drug-likeness (QED) is 0.414. The van der Waals surface area contributed by atoms with Gasteiger partial charge in [-0.05, 0) is 37.8 Å². The number of aliphatic imine (C=N–C) groups is 1. The van der Waals surface area contributed by atoms with Crippen molar-refractivity contribution in [3.8, 4) is 5.75 Å². The Labute approximate surface area is 176 Å². The van der Waals surface area contributed by atoms with Crippen molar-refractivity contribution in [2.75, 3.05) is 32.6 Å². The summed E-state index contributed by atoms with van der Waals surface area (Å²) in [4.78, 5) is 16.4. The minimum atomic E-state index is 0.0151. The zero-order valence-electron chi connectivity index (χ0n) is 17.8. The minimum Gasteiger partial charge on any atom is -0.490 e. The highest BCUT2D eigenvalue weighted by molar-refractivity contribution is 6.11. The number of carbonyl (C=O) groups is 1. The summed E-state index contributed by atoms with van der Waals surface area (Å²) in [7, 11) is 3.42. The number of amides is 1. The molecule has 0 spiro atoms. The van der Waals surface area contributed by atoms with Crippen molar-refractivity contribution in [3.63, 3.8) is 0 Å². The van der Waals surface area contributed by atoms with E-state index in [0.29, 0.717) is 24.7 Å². The normalized spacial score (nSPS) is 17.2. The van der Waals surface area contributed by atoms with Crippen molar-refractivity contribution >= 4 is 28.3 Å². The lowest BCUT2D eigenvalue weighted by Gasteiger charge is -2.26. The van der Waals surface area contributed by atoms with E-state index >= 15 is 0 Å². The van der Waals surface area contributed by atoms with Gasteiger partial charge in [0.1, 0.15) is 18.2 Å². The lowest BCUT2D eigenvalue weighted by molar-refractivity contribution is -0.124. The van der Waals surface area contributed by atoms with E-state index in [1.54, 1.807) is 20.3 Å². The Hall–Kier alpha value is -3.13. The van der Waals surface area contributed by atoms with Crippen molar-refractivity contribution in [3.05, 3.63) is 41.6 Å². The highest BCUT2D eigenvalue weighted by Gasteiger charge is 2.26. The largest absolute Gasteiger partial charge is 0.490 e. The Kier molecular flexibility index (Phi) is 6.89. The molecule has 5 N–H and O–H groups in total. The van der Waals surface area contributed by atoms with Gasteiger partial charge in [0.2, 0.25) is 5.91 Å². The molecule has 0 saturated heterocycles. The zero-order valence-corrected chi connectivity index (χ0v) is 17.8. The molecule has 0 unspecified atom stereocenters. The van der Waals surface area contributed by atoms with E-state index in [-0.39, 0.29) is 11.8 Å². The van der Waals surface area contributed by atoms with Crippen LogP contribution in [0.15, 0.2) is 46.6 Å². The van der Waals surface area contributed by atoms with Gasteiger partial charge in [-0.3, -0.25) is 14.9 Å². The number of rotatable bonds is 7. The van der Waals surface area contributed by atoms with Gasteiger partial charge in [0.25, 0.3) is 0 Å². The van der Waals surface area contributed by atoms with Gasteiger partial charge in [-0.2, -0.15) is 5.10 Å². The molecule has 1 atom stereocenters. The predicted molar refractivity (Wildman–Crippen MR) is 121 cm³/mol. The van der Waals surface area contributed by atoms with E-state index in [4.69, 9.17) is 10.5 Å². The predicted octanol–water partition coefficient (Wildman–Crippen LogP) is 2.76. The summed E-state index contributed by atoms with van der Waals surface area (Å²) in [5, 5.41) is 14.1. The Bertz CT molecular complexity index is 1000. The standard InChI is InChI=1S/C22H30N6O2/c1-13-9-15(22(29)25-4)5-6-17(13)14(2)21(24-3)27-19-10-16-12-26-28-18(16)11-20(19)30-8-7-23/h10-12,15H,2,5-9,23H2,1,3-4H3,(H,24,27)(H,25,29)(H,26,28)/t15-/m0/s1. The van der Waals surface area contributed by atoms with Crippen molar-refractivity contribution in [2.24, 2.45) is 16.6 Å². The first kappa shape index (κ1) is 21.6. The third-order valence-corrected chi connectivity index (χ3v) is 5.47. The number of carbonyl (C=O) groups excluding carboxylic acids is 1. The fraction of sp³-hybridized carbons (Fsp3) is 0.409. The summed E-state index contributed by atoms with van der Waals surface area (Å²) in [5.41, 5.74) is 10.4. The highest BCUT2D eigenvalue weighted by atomic mass is 16.5. The number of aromatic nitrogens is 2. The molecule has 0 aliphatic heterocycles. The molecule has 1 aliphatic rings.